The SMILES string of the molecule is CCc1ccc(CNC(=NC)NCCN2C(=O)CNC2=O)s1.I. The van der Waals surface area contributed by atoms with Crippen LogP contribution in [0.1, 0.15) is 16.7 Å². The number of imide groups is 1. The Kier molecular flexibility index (Phi) is 8.31. The van der Waals surface area contributed by atoms with Gasteiger partial charge in [0.05, 0.1) is 13.1 Å². The van der Waals surface area contributed by atoms with Crippen molar-refractivity contribution in [2.45, 2.75) is 19.9 Å². The maximum absolute atomic E-state index is 11.4. The van der Waals surface area contributed by atoms with E-state index in [-0.39, 0.29) is 42.5 Å². The Morgan fingerprint density at radius 1 is 1.35 bits per heavy atom. The number of amides is 3. The highest BCUT2D eigenvalue weighted by Gasteiger charge is 2.27. The first kappa shape index (κ1) is 19.7. The van der Waals surface area contributed by atoms with Crippen molar-refractivity contribution >= 4 is 53.2 Å². The number of thiophene rings is 1. The van der Waals surface area contributed by atoms with E-state index in [1.54, 1.807) is 18.4 Å². The fraction of sp³-hybridized carbons (Fsp3) is 0.500. The van der Waals surface area contributed by atoms with Gasteiger partial charge in [-0.2, -0.15) is 0 Å². The molecule has 0 saturated carbocycles. The third kappa shape index (κ3) is 5.65. The lowest BCUT2D eigenvalue weighted by atomic mass is 10.4. The maximum Gasteiger partial charge on any atom is 0.324 e. The monoisotopic (exact) mass is 451 g/mol. The van der Waals surface area contributed by atoms with E-state index in [0.717, 1.165) is 6.42 Å². The first-order valence-corrected chi connectivity index (χ1v) is 8.06. The van der Waals surface area contributed by atoms with Crippen molar-refractivity contribution in [2.24, 2.45) is 4.99 Å². The lowest BCUT2D eigenvalue weighted by Gasteiger charge is -2.15. The molecule has 3 N–H and O–H groups in total. The van der Waals surface area contributed by atoms with Gasteiger partial charge in [0.2, 0.25) is 5.91 Å². The van der Waals surface area contributed by atoms with Gasteiger partial charge in [0.1, 0.15) is 0 Å². The van der Waals surface area contributed by atoms with Gasteiger partial charge in [0.25, 0.3) is 0 Å². The van der Waals surface area contributed by atoms with Gasteiger partial charge >= 0.3 is 6.03 Å². The van der Waals surface area contributed by atoms with Crippen LogP contribution in [-0.2, 0) is 17.8 Å². The lowest BCUT2D eigenvalue weighted by molar-refractivity contribution is -0.124. The summed E-state index contributed by atoms with van der Waals surface area (Å²) in [6.45, 7) is 3.71. The Balaban J connectivity index is 0.00000264. The summed E-state index contributed by atoms with van der Waals surface area (Å²) in [5.74, 6) is 0.457. The highest BCUT2D eigenvalue weighted by atomic mass is 127. The van der Waals surface area contributed by atoms with E-state index in [9.17, 15) is 9.59 Å². The molecule has 0 aliphatic carbocycles. The zero-order valence-electron chi connectivity index (χ0n) is 13.2. The van der Waals surface area contributed by atoms with Crippen molar-refractivity contribution in [3.05, 3.63) is 21.9 Å². The number of nitrogens with one attached hydrogen (secondary N) is 3. The molecule has 0 bridgehead atoms. The highest BCUT2D eigenvalue weighted by Crippen LogP contribution is 2.16. The Morgan fingerprint density at radius 3 is 2.65 bits per heavy atom. The predicted octanol–water partition coefficient (Wildman–Crippen LogP) is 1.15. The summed E-state index contributed by atoms with van der Waals surface area (Å²) in [7, 11) is 1.69. The van der Waals surface area contributed by atoms with E-state index in [2.05, 4.69) is 40.0 Å². The van der Waals surface area contributed by atoms with Gasteiger partial charge in [0, 0.05) is 29.9 Å². The molecule has 1 aromatic rings. The normalized spacial score (nSPS) is 14.5. The quantitative estimate of drug-likeness (QED) is 0.262. The predicted molar refractivity (Wildman–Crippen MR) is 102 cm³/mol. The molecule has 9 heteroatoms. The van der Waals surface area contributed by atoms with Crippen LogP contribution in [0.4, 0.5) is 4.79 Å². The van der Waals surface area contributed by atoms with Gasteiger partial charge in [0.15, 0.2) is 5.96 Å². The third-order valence-electron chi connectivity index (χ3n) is 3.28. The molecule has 0 unspecified atom stereocenters. The zero-order valence-corrected chi connectivity index (χ0v) is 16.4. The van der Waals surface area contributed by atoms with Gasteiger partial charge < -0.3 is 16.0 Å². The average Bonchev–Trinajstić information content (AvgIpc) is 3.11. The molecule has 3 amide bonds. The van der Waals surface area contributed by atoms with Gasteiger partial charge in [-0.05, 0) is 18.6 Å². The first-order chi connectivity index (χ1) is 10.6. The van der Waals surface area contributed by atoms with E-state index in [0.29, 0.717) is 25.6 Å². The summed E-state index contributed by atoms with van der Waals surface area (Å²) in [5.41, 5.74) is 0. The van der Waals surface area contributed by atoms with E-state index in [1.165, 1.54) is 14.7 Å². The summed E-state index contributed by atoms with van der Waals surface area (Å²) in [6, 6.07) is 3.91. The zero-order chi connectivity index (χ0) is 15.9. The van der Waals surface area contributed by atoms with Gasteiger partial charge in [-0.1, -0.05) is 6.92 Å². The van der Waals surface area contributed by atoms with Crippen molar-refractivity contribution in [3.8, 4) is 0 Å². The Hall–Kier alpha value is -1.36. The van der Waals surface area contributed by atoms with Crippen LogP contribution < -0.4 is 16.0 Å². The molecular formula is C14H22IN5O2S. The molecule has 2 rings (SSSR count). The topological polar surface area (TPSA) is 85.8 Å². The second kappa shape index (κ2) is 9.71. The molecule has 1 aliphatic rings. The Bertz CT molecular complexity index is 559. The van der Waals surface area contributed by atoms with Gasteiger partial charge in [-0.25, -0.2) is 4.79 Å². The van der Waals surface area contributed by atoms with Crippen molar-refractivity contribution < 1.29 is 9.59 Å². The molecular weight excluding hydrogens is 429 g/mol. The lowest BCUT2D eigenvalue weighted by Crippen LogP contribution is -2.42. The number of halogens is 1. The number of hydrogen-bond acceptors (Lipinski definition) is 4. The highest BCUT2D eigenvalue weighted by molar-refractivity contribution is 14.0. The number of nitrogens with zero attached hydrogens (tertiary/aromatic N) is 2. The molecule has 0 aromatic carbocycles. The minimum Gasteiger partial charge on any atom is -0.355 e. The molecule has 2 heterocycles. The number of rotatable bonds is 6. The Morgan fingerprint density at radius 2 is 2.09 bits per heavy atom. The molecule has 0 spiro atoms. The van der Waals surface area contributed by atoms with Crippen molar-refractivity contribution in [2.75, 3.05) is 26.7 Å². The summed E-state index contributed by atoms with van der Waals surface area (Å²) in [6.07, 6.45) is 1.05. The number of carbonyl (C=O) groups is 2. The summed E-state index contributed by atoms with van der Waals surface area (Å²) < 4.78 is 0. The van der Waals surface area contributed by atoms with Crippen LogP contribution in [0.15, 0.2) is 17.1 Å². The molecule has 7 nitrogen and oxygen atoms in total. The van der Waals surface area contributed by atoms with Crippen LogP contribution >= 0.6 is 35.3 Å². The minimum atomic E-state index is -0.333. The smallest absolute Gasteiger partial charge is 0.324 e. The van der Waals surface area contributed by atoms with Gasteiger partial charge in [-0.3, -0.25) is 14.7 Å². The number of guanidine groups is 1. The first-order valence-electron chi connectivity index (χ1n) is 7.24. The maximum atomic E-state index is 11.4. The standard InChI is InChI=1S/C14H21N5O2S.HI/c1-3-10-4-5-11(22-10)8-17-13(15-2)16-6-7-19-12(20)9-18-14(19)21;/h4-5H,3,6-9H2,1-2H3,(H,18,21)(H2,15,16,17);1H. The van der Waals surface area contributed by atoms with E-state index in [1.807, 2.05) is 0 Å². The molecule has 1 fully saturated rings. The van der Waals surface area contributed by atoms with E-state index < -0.39 is 0 Å². The van der Waals surface area contributed by atoms with Crippen molar-refractivity contribution in [3.63, 3.8) is 0 Å². The molecule has 128 valence electrons. The van der Waals surface area contributed by atoms with Crippen LogP contribution in [0.2, 0.25) is 0 Å². The fourth-order valence-corrected chi connectivity index (χ4v) is 2.96. The summed E-state index contributed by atoms with van der Waals surface area (Å²) in [4.78, 5) is 30.8. The van der Waals surface area contributed by atoms with Crippen LogP contribution in [0, 0.1) is 0 Å². The second-order valence-electron chi connectivity index (χ2n) is 4.78. The average molecular weight is 451 g/mol. The summed E-state index contributed by atoms with van der Waals surface area (Å²) in [5, 5.41) is 8.81. The molecule has 23 heavy (non-hydrogen) atoms. The number of hydrogen-bond donors (Lipinski definition) is 3. The third-order valence-corrected chi connectivity index (χ3v) is 4.51. The van der Waals surface area contributed by atoms with Crippen LogP contribution in [0.5, 0.6) is 0 Å². The minimum absolute atomic E-state index is 0. The van der Waals surface area contributed by atoms with E-state index in [4.69, 9.17) is 0 Å². The number of aryl methyl sites for hydroxylation is 1. The number of carbonyl (C=O) groups excluding carboxylic acids is 2. The van der Waals surface area contributed by atoms with E-state index >= 15 is 0 Å². The van der Waals surface area contributed by atoms with Crippen LogP contribution in [-0.4, -0.2) is 49.5 Å². The molecule has 1 aliphatic heterocycles. The van der Waals surface area contributed by atoms with Crippen LogP contribution in [0.25, 0.3) is 0 Å². The van der Waals surface area contributed by atoms with Gasteiger partial charge in [-0.15, -0.1) is 35.3 Å². The summed E-state index contributed by atoms with van der Waals surface area (Å²) >= 11 is 1.78. The largest absolute Gasteiger partial charge is 0.355 e. The van der Waals surface area contributed by atoms with Crippen LogP contribution in [0.3, 0.4) is 0 Å². The van der Waals surface area contributed by atoms with Crippen molar-refractivity contribution in [1.82, 2.24) is 20.9 Å². The number of aliphatic imine (C=N–C) groups is 1. The molecule has 1 saturated heterocycles. The molecule has 1 aromatic heterocycles. The van der Waals surface area contributed by atoms with Crippen molar-refractivity contribution in [1.29, 1.82) is 0 Å². The molecule has 0 atom stereocenters. The number of urea groups is 1. The fourth-order valence-electron chi connectivity index (χ4n) is 2.07. The second-order valence-corrected chi connectivity index (χ2v) is 6.03. The Labute approximate surface area is 156 Å². The molecule has 0 radical (unpaired) electrons.